The molecule has 1 aromatic rings. The molecule has 1 atom stereocenters. The van der Waals surface area contributed by atoms with Gasteiger partial charge < -0.3 is 15.4 Å². The van der Waals surface area contributed by atoms with Crippen LogP contribution in [0.2, 0.25) is 0 Å². The van der Waals surface area contributed by atoms with E-state index in [9.17, 15) is 4.79 Å². The summed E-state index contributed by atoms with van der Waals surface area (Å²) in [5, 5.41) is 0. The second-order valence-corrected chi connectivity index (χ2v) is 4.28. The summed E-state index contributed by atoms with van der Waals surface area (Å²) in [5.41, 5.74) is 8.17. The Morgan fingerprint density at radius 1 is 1.44 bits per heavy atom. The van der Waals surface area contributed by atoms with E-state index in [0.29, 0.717) is 6.42 Å². The van der Waals surface area contributed by atoms with Crippen molar-refractivity contribution < 1.29 is 9.53 Å². The van der Waals surface area contributed by atoms with Crippen LogP contribution in [0.1, 0.15) is 18.9 Å². The smallest absolute Gasteiger partial charge is 0.322 e. The molecule has 0 aliphatic rings. The zero-order valence-corrected chi connectivity index (χ0v) is 11.3. The van der Waals surface area contributed by atoms with Gasteiger partial charge in [0.15, 0.2) is 0 Å². The molecule has 0 radical (unpaired) electrons. The number of para-hydroxylation sites is 1. The molecule has 4 heteroatoms. The summed E-state index contributed by atoms with van der Waals surface area (Å²) in [5.74, 6) is -0.351. The third-order valence-corrected chi connectivity index (χ3v) is 3.05. The molecule has 4 nitrogen and oxygen atoms in total. The standard InChI is InChI=1S/C14H22N2O2/c1-4-16(10-9-12(15)14(17)18-3)13-8-6-5-7-11(13)2/h5-8,12H,4,9-10,15H2,1-3H3. The van der Waals surface area contributed by atoms with Gasteiger partial charge in [-0.25, -0.2) is 0 Å². The van der Waals surface area contributed by atoms with Gasteiger partial charge in [-0.1, -0.05) is 18.2 Å². The molecule has 1 rings (SSSR count). The molecule has 0 bridgehead atoms. The number of ether oxygens (including phenoxy) is 1. The van der Waals surface area contributed by atoms with Crippen LogP contribution in [0, 0.1) is 6.92 Å². The van der Waals surface area contributed by atoms with E-state index in [1.165, 1.54) is 18.4 Å². The quantitative estimate of drug-likeness (QED) is 0.781. The average molecular weight is 250 g/mol. The first-order valence-corrected chi connectivity index (χ1v) is 6.24. The van der Waals surface area contributed by atoms with Gasteiger partial charge in [0.1, 0.15) is 6.04 Å². The van der Waals surface area contributed by atoms with Gasteiger partial charge in [-0.15, -0.1) is 0 Å². The van der Waals surface area contributed by atoms with E-state index < -0.39 is 6.04 Å². The molecule has 0 aliphatic heterocycles. The maximum Gasteiger partial charge on any atom is 0.322 e. The fourth-order valence-corrected chi connectivity index (χ4v) is 1.93. The van der Waals surface area contributed by atoms with Crippen molar-refractivity contribution in [1.29, 1.82) is 0 Å². The van der Waals surface area contributed by atoms with Crippen molar-refractivity contribution in [2.75, 3.05) is 25.1 Å². The zero-order valence-electron chi connectivity index (χ0n) is 11.3. The van der Waals surface area contributed by atoms with E-state index >= 15 is 0 Å². The molecule has 0 aliphatic carbocycles. The predicted molar refractivity (Wildman–Crippen MR) is 73.7 cm³/mol. The van der Waals surface area contributed by atoms with Gasteiger partial charge in [0.25, 0.3) is 0 Å². The van der Waals surface area contributed by atoms with Crippen molar-refractivity contribution in [2.24, 2.45) is 5.73 Å². The molecule has 1 aromatic carbocycles. The average Bonchev–Trinajstić information content (AvgIpc) is 2.40. The topological polar surface area (TPSA) is 55.6 Å². The number of anilines is 1. The molecule has 0 fully saturated rings. The van der Waals surface area contributed by atoms with Gasteiger partial charge in [0.2, 0.25) is 0 Å². The Morgan fingerprint density at radius 3 is 2.67 bits per heavy atom. The normalized spacial score (nSPS) is 12.0. The first-order valence-electron chi connectivity index (χ1n) is 6.24. The minimum Gasteiger partial charge on any atom is -0.468 e. The molecule has 1 unspecified atom stereocenters. The molecule has 0 saturated carbocycles. The van der Waals surface area contributed by atoms with Crippen molar-refractivity contribution in [1.82, 2.24) is 0 Å². The van der Waals surface area contributed by atoms with E-state index in [4.69, 9.17) is 5.73 Å². The molecule has 0 spiro atoms. The van der Waals surface area contributed by atoms with Crippen LogP contribution >= 0.6 is 0 Å². The highest BCUT2D eigenvalue weighted by molar-refractivity contribution is 5.75. The van der Waals surface area contributed by atoms with Crippen molar-refractivity contribution in [2.45, 2.75) is 26.3 Å². The maximum atomic E-state index is 11.3. The summed E-state index contributed by atoms with van der Waals surface area (Å²) in [4.78, 5) is 13.5. The van der Waals surface area contributed by atoms with Crippen LogP contribution in [-0.2, 0) is 9.53 Å². The van der Waals surface area contributed by atoms with Crippen molar-refractivity contribution in [3.63, 3.8) is 0 Å². The van der Waals surface area contributed by atoms with Crippen LogP contribution in [0.3, 0.4) is 0 Å². The summed E-state index contributed by atoms with van der Waals surface area (Å²) in [6.07, 6.45) is 0.592. The van der Waals surface area contributed by atoms with Gasteiger partial charge in [0.05, 0.1) is 7.11 Å². The summed E-state index contributed by atoms with van der Waals surface area (Å²) in [6, 6.07) is 7.66. The Hall–Kier alpha value is -1.55. The van der Waals surface area contributed by atoms with Crippen molar-refractivity contribution in [3.8, 4) is 0 Å². The highest BCUT2D eigenvalue weighted by atomic mass is 16.5. The highest BCUT2D eigenvalue weighted by Gasteiger charge is 2.15. The van der Waals surface area contributed by atoms with Crippen LogP contribution in [0.5, 0.6) is 0 Å². The highest BCUT2D eigenvalue weighted by Crippen LogP contribution is 2.19. The molecule has 100 valence electrons. The van der Waals surface area contributed by atoms with E-state index in [1.54, 1.807) is 0 Å². The third-order valence-electron chi connectivity index (χ3n) is 3.05. The number of carbonyl (C=O) groups is 1. The van der Waals surface area contributed by atoms with Crippen molar-refractivity contribution >= 4 is 11.7 Å². The largest absolute Gasteiger partial charge is 0.468 e. The van der Waals surface area contributed by atoms with Gasteiger partial charge in [0, 0.05) is 18.8 Å². The first-order chi connectivity index (χ1) is 8.60. The Bertz CT molecular complexity index is 393. The monoisotopic (exact) mass is 250 g/mol. The van der Waals surface area contributed by atoms with Crippen LogP contribution in [-0.4, -0.2) is 32.2 Å². The molecule has 0 heterocycles. The Balaban J connectivity index is 2.63. The lowest BCUT2D eigenvalue weighted by molar-refractivity contribution is -0.142. The van der Waals surface area contributed by atoms with E-state index in [2.05, 4.69) is 35.6 Å². The second-order valence-electron chi connectivity index (χ2n) is 4.28. The van der Waals surface area contributed by atoms with Gasteiger partial charge in [-0.05, 0) is 31.9 Å². The number of nitrogens with zero attached hydrogens (tertiary/aromatic N) is 1. The number of rotatable bonds is 6. The Labute approximate surface area is 109 Å². The molecule has 18 heavy (non-hydrogen) atoms. The van der Waals surface area contributed by atoms with Crippen LogP contribution in [0.4, 0.5) is 5.69 Å². The summed E-state index contributed by atoms with van der Waals surface area (Å²) in [7, 11) is 1.36. The summed E-state index contributed by atoms with van der Waals surface area (Å²) >= 11 is 0. The molecule has 0 aromatic heterocycles. The number of esters is 1. The van der Waals surface area contributed by atoms with Crippen molar-refractivity contribution in [3.05, 3.63) is 29.8 Å². The zero-order chi connectivity index (χ0) is 13.5. The molecule has 2 N–H and O–H groups in total. The molecular formula is C14H22N2O2. The van der Waals surface area contributed by atoms with E-state index in [1.807, 2.05) is 12.1 Å². The lowest BCUT2D eigenvalue weighted by Crippen LogP contribution is -2.36. The summed E-state index contributed by atoms with van der Waals surface area (Å²) in [6.45, 7) is 5.81. The summed E-state index contributed by atoms with van der Waals surface area (Å²) < 4.78 is 4.62. The molecule has 0 amide bonds. The second kappa shape index (κ2) is 7.01. The maximum absolute atomic E-state index is 11.3. The van der Waals surface area contributed by atoms with Gasteiger partial charge in [-0.3, -0.25) is 4.79 Å². The number of carbonyl (C=O) groups excluding carboxylic acids is 1. The number of nitrogens with two attached hydrogens (primary N) is 1. The fourth-order valence-electron chi connectivity index (χ4n) is 1.93. The Kier molecular flexibility index (Phi) is 5.65. The SMILES string of the molecule is CCN(CCC(N)C(=O)OC)c1ccccc1C. The van der Waals surface area contributed by atoms with Crippen LogP contribution < -0.4 is 10.6 Å². The number of hydrogen-bond donors (Lipinski definition) is 1. The minimum atomic E-state index is -0.548. The van der Waals surface area contributed by atoms with E-state index in [0.717, 1.165) is 13.1 Å². The number of aryl methyl sites for hydroxylation is 1. The van der Waals surface area contributed by atoms with Gasteiger partial charge in [-0.2, -0.15) is 0 Å². The number of benzene rings is 1. The van der Waals surface area contributed by atoms with Crippen LogP contribution in [0.25, 0.3) is 0 Å². The molecular weight excluding hydrogens is 228 g/mol. The number of methoxy groups -OCH3 is 1. The lowest BCUT2D eigenvalue weighted by Gasteiger charge is -2.25. The van der Waals surface area contributed by atoms with Crippen LogP contribution in [0.15, 0.2) is 24.3 Å². The predicted octanol–water partition coefficient (Wildman–Crippen LogP) is 1.71. The first kappa shape index (κ1) is 14.5. The number of hydrogen-bond acceptors (Lipinski definition) is 4. The van der Waals surface area contributed by atoms with E-state index in [-0.39, 0.29) is 5.97 Å². The fraction of sp³-hybridized carbons (Fsp3) is 0.500. The Morgan fingerprint density at radius 2 is 2.11 bits per heavy atom. The lowest BCUT2D eigenvalue weighted by atomic mass is 10.1. The minimum absolute atomic E-state index is 0.351. The molecule has 0 saturated heterocycles. The third kappa shape index (κ3) is 3.74. The van der Waals surface area contributed by atoms with Gasteiger partial charge >= 0.3 is 5.97 Å².